The van der Waals surface area contributed by atoms with E-state index >= 15 is 0 Å². The summed E-state index contributed by atoms with van der Waals surface area (Å²) in [5, 5.41) is 14.6. The highest BCUT2D eigenvalue weighted by Crippen LogP contribution is 2.39. The number of carbonyl (C=O) groups is 1. The normalized spacial score (nSPS) is 25.0. The van der Waals surface area contributed by atoms with Gasteiger partial charge in [0, 0.05) is 41.5 Å². The largest absolute Gasteiger partial charge is 0.495 e. The molecule has 6 rings (SSSR count). The summed E-state index contributed by atoms with van der Waals surface area (Å²) in [4.78, 5) is 20.9. The molecule has 0 spiro atoms. The van der Waals surface area contributed by atoms with Gasteiger partial charge in [0.2, 0.25) is 5.91 Å². The van der Waals surface area contributed by atoms with Crippen molar-refractivity contribution in [3.05, 3.63) is 60.2 Å². The number of methoxy groups -OCH3 is 1. The highest BCUT2D eigenvalue weighted by Gasteiger charge is 2.33. The lowest BCUT2D eigenvalue weighted by atomic mass is 9.79. The highest BCUT2D eigenvalue weighted by molar-refractivity contribution is 5.95. The van der Waals surface area contributed by atoms with Gasteiger partial charge >= 0.3 is 0 Å². The molecule has 3 aromatic rings. The van der Waals surface area contributed by atoms with Crippen molar-refractivity contribution in [1.82, 2.24) is 14.8 Å². The lowest BCUT2D eigenvalue weighted by Gasteiger charge is -2.35. The van der Waals surface area contributed by atoms with E-state index in [1.165, 1.54) is 12.8 Å². The van der Waals surface area contributed by atoms with Crippen LogP contribution < -0.4 is 9.64 Å². The molecule has 3 aliphatic carbocycles. The number of hydrogen-bond donors (Lipinski definition) is 1. The van der Waals surface area contributed by atoms with Gasteiger partial charge in [-0.25, -0.2) is 0 Å². The van der Waals surface area contributed by atoms with Crippen LogP contribution in [0, 0.1) is 18.8 Å². The molecule has 2 heterocycles. The minimum Gasteiger partial charge on any atom is -0.495 e. The van der Waals surface area contributed by atoms with Crippen molar-refractivity contribution >= 4 is 11.6 Å². The third-order valence-corrected chi connectivity index (χ3v) is 9.31. The number of rotatable bonds is 8. The van der Waals surface area contributed by atoms with Gasteiger partial charge in [-0.2, -0.15) is 5.10 Å². The van der Waals surface area contributed by atoms with Crippen LogP contribution in [0.2, 0.25) is 0 Å². The van der Waals surface area contributed by atoms with Gasteiger partial charge in [-0.3, -0.25) is 14.5 Å². The Kier molecular flexibility index (Phi) is 7.92. The third-order valence-electron chi connectivity index (χ3n) is 9.31. The maximum Gasteiger partial charge on any atom is 0.230 e. The number of nitrogens with zero attached hydrogens (tertiary/aromatic N) is 4. The zero-order chi connectivity index (χ0) is 27.6. The molecule has 1 aromatic carbocycles. The predicted octanol–water partition coefficient (Wildman–Crippen LogP) is 6.46. The van der Waals surface area contributed by atoms with Crippen LogP contribution in [-0.2, 0) is 4.79 Å². The van der Waals surface area contributed by atoms with Gasteiger partial charge in [-0.1, -0.05) is 12.1 Å². The second-order valence-electron chi connectivity index (χ2n) is 12.2. The Hall–Kier alpha value is -3.19. The molecule has 3 saturated carbocycles. The lowest BCUT2D eigenvalue weighted by Crippen LogP contribution is -2.41. The second kappa shape index (κ2) is 11.7. The molecule has 0 unspecified atom stereocenters. The maximum atomic E-state index is 14.0. The fourth-order valence-electron chi connectivity index (χ4n) is 6.65. The average Bonchev–Trinajstić information content (AvgIpc) is 3.72. The number of aliphatic hydroxyl groups excluding tert-OH is 1. The molecule has 0 atom stereocenters. The molecule has 3 aliphatic rings. The first-order chi connectivity index (χ1) is 19.5. The first-order valence-electron chi connectivity index (χ1n) is 15.1. The predicted molar refractivity (Wildman–Crippen MR) is 156 cm³/mol. The van der Waals surface area contributed by atoms with Gasteiger partial charge in [0.25, 0.3) is 0 Å². The Morgan fingerprint density at radius 2 is 1.77 bits per heavy atom. The average molecular weight is 543 g/mol. The molecule has 7 nitrogen and oxygen atoms in total. The number of ether oxygens (including phenoxy) is 1. The van der Waals surface area contributed by atoms with Crippen molar-refractivity contribution in [2.24, 2.45) is 11.8 Å². The van der Waals surface area contributed by atoms with E-state index in [4.69, 9.17) is 9.72 Å². The Labute approximate surface area is 237 Å². The maximum absolute atomic E-state index is 14.0. The number of anilines is 1. The van der Waals surface area contributed by atoms with Crippen molar-refractivity contribution < 1.29 is 14.6 Å². The molecule has 1 amide bonds. The van der Waals surface area contributed by atoms with E-state index in [0.717, 1.165) is 79.0 Å². The van der Waals surface area contributed by atoms with Gasteiger partial charge in [-0.05, 0) is 107 Å². The van der Waals surface area contributed by atoms with Gasteiger partial charge in [-0.15, -0.1) is 0 Å². The van der Waals surface area contributed by atoms with E-state index in [9.17, 15) is 9.90 Å². The minimum absolute atomic E-state index is 0.0208. The van der Waals surface area contributed by atoms with E-state index in [1.807, 2.05) is 19.2 Å². The Morgan fingerprint density at radius 1 is 1.00 bits per heavy atom. The fourth-order valence-corrected chi connectivity index (χ4v) is 6.65. The van der Waals surface area contributed by atoms with E-state index in [0.29, 0.717) is 30.7 Å². The Balaban J connectivity index is 1.19. The molecule has 40 heavy (non-hydrogen) atoms. The molecular formula is C33H42N4O3. The van der Waals surface area contributed by atoms with Gasteiger partial charge in [0.15, 0.2) is 0 Å². The van der Waals surface area contributed by atoms with Crippen LogP contribution >= 0.6 is 0 Å². The number of pyridine rings is 1. The zero-order valence-corrected chi connectivity index (χ0v) is 23.8. The smallest absolute Gasteiger partial charge is 0.230 e. The van der Waals surface area contributed by atoms with Gasteiger partial charge < -0.3 is 14.7 Å². The summed E-state index contributed by atoms with van der Waals surface area (Å²) in [6, 6.07) is 13.1. The first kappa shape index (κ1) is 27.0. The standard InChI is InChI=1S/C33H42N4O3/c1-22-32(40-2)17-16-31(35-22)24-8-6-23(7-9-24)20-36(33(39)25-10-14-30(38)15-11-25)29-5-3-4-26(18-29)27-19-34-37(21-27)28-12-13-28/h3-5,16-19,21,23-25,28,30,38H,6-15,20H2,1-2H3/t23-,24-,25-,30-. The summed E-state index contributed by atoms with van der Waals surface area (Å²) in [5.74, 6) is 1.94. The van der Waals surface area contributed by atoms with Gasteiger partial charge in [0.1, 0.15) is 5.75 Å². The number of carbonyl (C=O) groups excluding carboxylic acids is 1. The number of aromatic nitrogens is 3. The molecule has 0 aliphatic heterocycles. The molecule has 7 heteroatoms. The molecule has 3 fully saturated rings. The van der Waals surface area contributed by atoms with Crippen molar-refractivity contribution in [3.63, 3.8) is 0 Å². The van der Waals surface area contributed by atoms with Crippen molar-refractivity contribution in [2.75, 3.05) is 18.6 Å². The summed E-state index contributed by atoms with van der Waals surface area (Å²) in [5.41, 5.74) is 5.28. The van der Waals surface area contributed by atoms with Crippen LogP contribution in [0.25, 0.3) is 11.1 Å². The molecule has 0 radical (unpaired) electrons. The number of hydrogen-bond acceptors (Lipinski definition) is 5. The monoisotopic (exact) mass is 542 g/mol. The first-order valence-corrected chi connectivity index (χ1v) is 15.1. The summed E-state index contributed by atoms with van der Waals surface area (Å²) in [6.07, 6.45) is 13.5. The van der Waals surface area contributed by atoms with E-state index < -0.39 is 0 Å². The van der Waals surface area contributed by atoms with E-state index in [1.54, 1.807) is 7.11 Å². The molecule has 212 valence electrons. The van der Waals surface area contributed by atoms with Gasteiger partial charge in [0.05, 0.1) is 31.1 Å². The van der Waals surface area contributed by atoms with Crippen LogP contribution in [0.1, 0.15) is 87.6 Å². The molecule has 0 saturated heterocycles. The van der Waals surface area contributed by atoms with Crippen LogP contribution in [0.4, 0.5) is 5.69 Å². The zero-order valence-electron chi connectivity index (χ0n) is 23.8. The fraction of sp³-hybridized carbons (Fsp3) is 0.545. The van der Waals surface area contributed by atoms with Crippen molar-refractivity contribution in [1.29, 1.82) is 0 Å². The summed E-state index contributed by atoms with van der Waals surface area (Å²) in [7, 11) is 1.69. The number of benzene rings is 1. The quantitative estimate of drug-likeness (QED) is 0.354. The highest BCUT2D eigenvalue weighted by atomic mass is 16.5. The van der Waals surface area contributed by atoms with Crippen LogP contribution in [0.5, 0.6) is 5.75 Å². The summed E-state index contributed by atoms with van der Waals surface area (Å²) < 4.78 is 7.48. The topological polar surface area (TPSA) is 80.5 Å². The molecule has 2 aromatic heterocycles. The van der Waals surface area contributed by atoms with Crippen LogP contribution in [0.15, 0.2) is 48.8 Å². The molecule has 1 N–H and O–H groups in total. The van der Waals surface area contributed by atoms with Crippen molar-refractivity contribution in [3.8, 4) is 16.9 Å². The summed E-state index contributed by atoms with van der Waals surface area (Å²) in [6.45, 7) is 2.75. The Morgan fingerprint density at radius 3 is 2.48 bits per heavy atom. The van der Waals surface area contributed by atoms with Crippen molar-refractivity contribution in [2.45, 2.75) is 89.2 Å². The Bertz CT molecular complexity index is 1320. The number of amides is 1. The van der Waals surface area contributed by atoms with Crippen LogP contribution in [-0.4, -0.2) is 45.5 Å². The third kappa shape index (κ3) is 5.95. The lowest BCUT2D eigenvalue weighted by molar-refractivity contribution is -0.124. The van der Waals surface area contributed by atoms with Crippen LogP contribution in [0.3, 0.4) is 0 Å². The molecule has 0 bridgehead atoms. The number of aliphatic hydroxyl groups is 1. The minimum atomic E-state index is -0.269. The second-order valence-corrected chi connectivity index (χ2v) is 12.2. The van der Waals surface area contributed by atoms with E-state index in [2.05, 4.69) is 51.2 Å². The number of aryl methyl sites for hydroxylation is 1. The SMILES string of the molecule is COc1ccc([C@H]2CC[C@H](CN(c3cccc(-c4cnn(C5CC5)c4)c3)C(=O)[C@H]3CC[C@H](O)CC3)CC2)nc1C. The van der Waals surface area contributed by atoms with E-state index in [-0.39, 0.29) is 17.9 Å². The summed E-state index contributed by atoms with van der Waals surface area (Å²) >= 11 is 0. The molecular weight excluding hydrogens is 500 g/mol.